The van der Waals surface area contributed by atoms with Gasteiger partial charge in [-0.2, -0.15) is 0 Å². The number of rotatable bonds is 8. The maximum Gasteiger partial charge on any atom is 0.373 e. The van der Waals surface area contributed by atoms with Gasteiger partial charge in [-0.3, -0.25) is 0 Å². The Hall–Kier alpha value is -3.26. The zero-order chi connectivity index (χ0) is 20.1. The van der Waals surface area contributed by atoms with Crippen molar-refractivity contribution in [1.82, 2.24) is 0 Å². The summed E-state index contributed by atoms with van der Waals surface area (Å²) in [5.41, 5.74) is 0.900. The Morgan fingerprint density at radius 2 is 1.82 bits per heavy atom. The first kappa shape index (κ1) is 19.5. The molecule has 3 aromatic rings. The third-order valence-corrected chi connectivity index (χ3v) is 3.99. The van der Waals surface area contributed by atoms with Gasteiger partial charge in [0.15, 0.2) is 0 Å². The van der Waals surface area contributed by atoms with E-state index in [1.165, 1.54) is 20.3 Å². The van der Waals surface area contributed by atoms with Crippen LogP contribution in [0.25, 0.3) is 11.0 Å². The fourth-order valence-electron chi connectivity index (χ4n) is 2.65. The highest BCUT2D eigenvalue weighted by molar-refractivity contribution is 6.04. The number of furan rings is 2. The summed E-state index contributed by atoms with van der Waals surface area (Å²) in [6.07, 6.45) is 0. The molecule has 3 rings (SSSR count). The van der Waals surface area contributed by atoms with Gasteiger partial charge >= 0.3 is 11.9 Å². The molecule has 0 bridgehead atoms. The van der Waals surface area contributed by atoms with E-state index in [1.807, 2.05) is 0 Å². The first-order valence-corrected chi connectivity index (χ1v) is 8.52. The van der Waals surface area contributed by atoms with Crippen LogP contribution in [0.2, 0.25) is 0 Å². The van der Waals surface area contributed by atoms with E-state index in [0.29, 0.717) is 40.4 Å². The van der Waals surface area contributed by atoms with Crippen molar-refractivity contribution in [1.29, 1.82) is 0 Å². The average Bonchev–Trinajstić information content (AvgIpc) is 3.29. The molecule has 2 heterocycles. The summed E-state index contributed by atoms with van der Waals surface area (Å²) in [6, 6.07) is 8.27. The molecular weight excluding hydrogens is 368 g/mol. The average molecular weight is 388 g/mol. The second-order valence-electron chi connectivity index (χ2n) is 5.87. The minimum absolute atomic E-state index is 0.100. The Morgan fingerprint density at radius 3 is 2.57 bits per heavy atom. The molecule has 0 aliphatic rings. The maximum atomic E-state index is 12.4. The third kappa shape index (κ3) is 4.17. The van der Waals surface area contributed by atoms with Gasteiger partial charge in [0.1, 0.15) is 41.6 Å². The minimum atomic E-state index is -0.557. The molecule has 0 aliphatic heterocycles. The fourth-order valence-corrected chi connectivity index (χ4v) is 2.65. The SMILES string of the molecule is COCCOC(=O)c1c(C)oc2ccc(OCc3ccc(C(=O)OC)o3)cc12. The van der Waals surface area contributed by atoms with Crippen molar-refractivity contribution in [2.45, 2.75) is 13.5 Å². The maximum absolute atomic E-state index is 12.4. The van der Waals surface area contributed by atoms with Crippen molar-refractivity contribution in [2.75, 3.05) is 27.4 Å². The number of hydrogen-bond acceptors (Lipinski definition) is 8. The van der Waals surface area contributed by atoms with Crippen molar-refractivity contribution in [3.8, 4) is 5.75 Å². The van der Waals surface area contributed by atoms with E-state index in [4.69, 9.17) is 23.0 Å². The Labute approximate surface area is 160 Å². The predicted molar refractivity (Wildman–Crippen MR) is 97.5 cm³/mol. The topological polar surface area (TPSA) is 97.3 Å². The van der Waals surface area contributed by atoms with E-state index in [0.717, 1.165) is 0 Å². The van der Waals surface area contributed by atoms with Crippen LogP contribution in [-0.4, -0.2) is 39.4 Å². The molecule has 8 heteroatoms. The van der Waals surface area contributed by atoms with Crippen molar-refractivity contribution in [2.24, 2.45) is 0 Å². The first-order chi connectivity index (χ1) is 13.5. The lowest BCUT2D eigenvalue weighted by Crippen LogP contribution is -2.10. The molecule has 0 fully saturated rings. The Kier molecular flexibility index (Phi) is 6.00. The fraction of sp³-hybridized carbons (Fsp3) is 0.300. The summed E-state index contributed by atoms with van der Waals surface area (Å²) >= 11 is 0. The molecule has 0 aliphatic carbocycles. The van der Waals surface area contributed by atoms with Gasteiger partial charge in [0.05, 0.1) is 13.7 Å². The molecule has 8 nitrogen and oxygen atoms in total. The largest absolute Gasteiger partial charge is 0.486 e. The van der Waals surface area contributed by atoms with Gasteiger partial charge in [-0.15, -0.1) is 0 Å². The zero-order valence-electron chi connectivity index (χ0n) is 15.8. The number of carbonyl (C=O) groups excluding carboxylic acids is 2. The summed E-state index contributed by atoms with van der Waals surface area (Å²) in [4.78, 5) is 23.8. The molecule has 1 aromatic carbocycles. The summed E-state index contributed by atoms with van der Waals surface area (Å²) < 4.78 is 31.4. The molecule has 0 unspecified atom stereocenters. The monoisotopic (exact) mass is 388 g/mol. The van der Waals surface area contributed by atoms with Gasteiger partial charge in [-0.1, -0.05) is 0 Å². The molecule has 0 radical (unpaired) electrons. The quantitative estimate of drug-likeness (QED) is 0.427. The molecule has 0 spiro atoms. The molecule has 28 heavy (non-hydrogen) atoms. The van der Waals surface area contributed by atoms with E-state index < -0.39 is 11.9 Å². The van der Waals surface area contributed by atoms with E-state index in [-0.39, 0.29) is 19.0 Å². The van der Waals surface area contributed by atoms with Gasteiger partial charge in [0, 0.05) is 12.5 Å². The molecule has 148 valence electrons. The Balaban J connectivity index is 1.75. The molecule has 0 saturated heterocycles. The van der Waals surface area contributed by atoms with Gasteiger partial charge in [-0.25, -0.2) is 9.59 Å². The number of benzene rings is 1. The van der Waals surface area contributed by atoms with Crippen LogP contribution in [0.4, 0.5) is 0 Å². The molecule has 2 aromatic heterocycles. The van der Waals surface area contributed by atoms with Crippen molar-refractivity contribution >= 4 is 22.9 Å². The van der Waals surface area contributed by atoms with Gasteiger partial charge in [0.25, 0.3) is 0 Å². The van der Waals surface area contributed by atoms with E-state index in [2.05, 4.69) is 4.74 Å². The standard InChI is InChI=1S/C20H20O8/c1-12-18(20(22)25-9-8-23-2)15-10-13(4-6-16(15)27-12)26-11-14-5-7-17(28-14)19(21)24-3/h4-7,10H,8-9,11H2,1-3H3. The second kappa shape index (κ2) is 8.62. The predicted octanol–water partition coefficient (Wildman–Crippen LogP) is 3.50. The minimum Gasteiger partial charge on any atom is -0.486 e. The van der Waals surface area contributed by atoms with E-state index in [1.54, 1.807) is 31.2 Å². The number of esters is 2. The van der Waals surface area contributed by atoms with Crippen LogP contribution in [0.15, 0.2) is 39.2 Å². The van der Waals surface area contributed by atoms with E-state index in [9.17, 15) is 9.59 Å². The summed E-state index contributed by atoms with van der Waals surface area (Å²) in [5.74, 6) is 0.488. The van der Waals surface area contributed by atoms with Gasteiger partial charge < -0.3 is 27.8 Å². The number of hydrogen-bond donors (Lipinski definition) is 0. The third-order valence-electron chi connectivity index (χ3n) is 3.99. The lowest BCUT2D eigenvalue weighted by atomic mass is 10.1. The Morgan fingerprint density at radius 1 is 1.00 bits per heavy atom. The number of fused-ring (bicyclic) bond motifs is 1. The molecular formula is C20H20O8. The summed E-state index contributed by atoms with van der Waals surface area (Å²) in [5, 5.41) is 0.590. The number of methoxy groups -OCH3 is 2. The van der Waals surface area contributed by atoms with Crippen LogP contribution in [0.3, 0.4) is 0 Å². The molecule has 0 amide bonds. The smallest absolute Gasteiger partial charge is 0.373 e. The highest BCUT2D eigenvalue weighted by Crippen LogP contribution is 2.30. The zero-order valence-corrected chi connectivity index (χ0v) is 15.8. The second-order valence-corrected chi connectivity index (χ2v) is 5.87. The molecule has 0 N–H and O–H groups in total. The summed E-state index contributed by atoms with van der Waals surface area (Å²) in [6.45, 7) is 2.27. The highest BCUT2D eigenvalue weighted by Gasteiger charge is 2.20. The lowest BCUT2D eigenvalue weighted by Gasteiger charge is -2.06. The van der Waals surface area contributed by atoms with Gasteiger partial charge in [0.2, 0.25) is 5.76 Å². The lowest BCUT2D eigenvalue weighted by molar-refractivity contribution is 0.0388. The highest BCUT2D eigenvalue weighted by atomic mass is 16.6. The normalized spacial score (nSPS) is 10.8. The van der Waals surface area contributed by atoms with Crippen LogP contribution in [0.5, 0.6) is 5.75 Å². The van der Waals surface area contributed by atoms with Crippen molar-refractivity contribution in [3.05, 3.63) is 53.2 Å². The molecule has 0 saturated carbocycles. The van der Waals surface area contributed by atoms with Crippen LogP contribution in [0, 0.1) is 6.92 Å². The van der Waals surface area contributed by atoms with Crippen molar-refractivity contribution < 1.29 is 37.4 Å². The van der Waals surface area contributed by atoms with Gasteiger partial charge in [-0.05, 0) is 37.3 Å². The van der Waals surface area contributed by atoms with Crippen molar-refractivity contribution in [3.63, 3.8) is 0 Å². The van der Waals surface area contributed by atoms with Crippen LogP contribution >= 0.6 is 0 Å². The number of carbonyl (C=O) groups is 2. The van der Waals surface area contributed by atoms with Crippen LogP contribution in [0.1, 0.15) is 32.4 Å². The number of ether oxygens (including phenoxy) is 4. The summed E-state index contributed by atoms with van der Waals surface area (Å²) in [7, 11) is 2.81. The van der Waals surface area contributed by atoms with E-state index >= 15 is 0 Å². The molecule has 0 atom stereocenters. The van der Waals surface area contributed by atoms with Crippen LogP contribution < -0.4 is 4.74 Å². The Bertz CT molecular complexity index is 981. The van der Waals surface area contributed by atoms with Crippen LogP contribution in [-0.2, 0) is 20.8 Å². The first-order valence-electron chi connectivity index (χ1n) is 8.52. The number of aryl methyl sites for hydroxylation is 1.